The number of carbonyl (C=O) groups is 2. The summed E-state index contributed by atoms with van der Waals surface area (Å²) in [6, 6.07) is 7.24. The van der Waals surface area contributed by atoms with Gasteiger partial charge < -0.3 is 10.6 Å². The predicted octanol–water partition coefficient (Wildman–Crippen LogP) is 4.62. The largest absolute Gasteiger partial charge is 0.321 e. The molecule has 1 aliphatic carbocycles. The first-order chi connectivity index (χ1) is 10.9. The molecule has 1 fully saturated rings. The summed E-state index contributed by atoms with van der Waals surface area (Å²) in [5.41, 5.74) is 2.46. The maximum Gasteiger partial charge on any atom is 0.266 e. The SMILES string of the molecule is Cc1ccc(NC(=O)c2sc(NC(=O)C3CC3)cc2C)cc1Cl. The van der Waals surface area contributed by atoms with Gasteiger partial charge in [0.05, 0.1) is 9.88 Å². The van der Waals surface area contributed by atoms with Crippen LogP contribution in [0.3, 0.4) is 0 Å². The third-order valence-electron chi connectivity index (χ3n) is 3.75. The van der Waals surface area contributed by atoms with E-state index in [9.17, 15) is 9.59 Å². The molecule has 1 aliphatic rings. The second kappa shape index (κ2) is 6.34. The molecule has 0 aliphatic heterocycles. The number of hydrogen-bond acceptors (Lipinski definition) is 3. The van der Waals surface area contributed by atoms with Crippen LogP contribution in [-0.4, -0.2) is 11.8 Å². The predicted molar refractivity (Wildman–Crippen MR) is 94.6 cm³/mol. The van der Waals surface area contributed by atoms with Crippen LogP contribution < -0.4 is 10.6 Å². The molecule has 2 aromatic rings. The topological polar surface area (TPSA) is 58.2 Å². The molecule has 2 N–H and O–H groups in total. The van der Waals surface area contributed by atoms with Gasteiger partial charge in [0.1, 0.15) is 0 Å². The van der Waals surface area contributed by atoms with E-state index >= 15 is 0 Å². The average molecular weight is 349 g/mol. The van der Waals surface area contributed by atoms with Crippen LogP contribution in [0.15, 0.2) is 24.3 Å². The Kier molecular flexibility index (Phi) is 4.41. The normalized spacial score (nSPS) is 13.7. The van der Waals surface area contributed by atoms with E-state index in [2.05, 4.69) is 10.6 Å². The zero-order valence-electron chi connectivity index (χ0n) is 12.9. The number of halogens is 1. The Bertz CT molecular complexity index is 781. The van der Waals surface area contributed by atoms with Gasteiger partial charge in [-0.25, -0.2) is 0 Å². The molecule has 0 radical (unpaired) electrons. The second-order valence-corrected chi connectivity index (χ2v) is 7.26. The fraction of sp³-hybridized carbons (Fsp3) is 0.294. The molecule has 0 saturated heterocycles. The third-order valence-corrected chi connectivity index (χ3v) is 5.31. The van der Waals surface area contributed by atoms with Gasteiger partial charge in [-0.3, -0.25) is 9.59 Å². The van der Waals surface area contributed by atoms with Crippen molar-refractivity contribution in [2.75, 3.05) is 10.6 Å². The summed E-state index contributed by atoms with van der Waals surface area (Å²) in [4.78, 5) is 24.8. The van der Waals surface area contributed by atoms with Gasteiger partial charge in [0.2, 0.25) is 5.91 Å². The molecule has 6 heteroatoms. The Morgan fingerprint density at radius 1 is 1.13 bits per heavy atom. The highest BCUT2D eigenvalue weighted by molar-refractivity contribution is 7.18. The van der Waals surface area contributed by atoms with Gasteiger partial charge in [0.15, 0.2) is 0 Å². The maximum atomic E-state index is 12.4. The van der Waals surface area contributed by atoms with Crippen LogP contribution in [0.1, 0.15) is 33.6 Å². The zero-order chi connectivity index (χ0) is 16.6. The van der Waals surface area contributed by atoms with Gasteiger partial charge in [-0.1, -0.05) is 17.7 Å². The van der Waals surface area contributed by atoms with E-state index in [0.717, 1.165) is 24.0 Å². The van der Waals surface area contributed by atoms with E-state index in [-0.39, 0.29) is 17.7 Å². The minimum atomic E-state index is -0.195. The quantitative estimate of drug-likeness (QED) is 0.847. The molecule has 1 saturated carbocycles. The van der Waals surface area contributed by atoms with E-state index < -0.39 is 0 Å². The number of amides is 2. The highest BCUT2D eigenvalue weighted by atomic mass is 35.5. The van der Waals surface area contributed by atoms with Crippen LogP contribution in [0.2, 0.25) is 5.02 Å². The summed E-state index contributed by atoms with van der Waals surface area (Å²) in [5, 5.41) is 7.05. The molecule has 0 unspecified atom stereocenters. The number of nitrogens with one attached hydrogen (secondary N) is 2. The van der Waals surface area contributed by atoms with E-state index in [0.29, 0.717) is 20.6 Å². The van der Waals surface area contributed by atoms with E-state index in [1.165, 1.54) is 11.3 Å². The lowest BCUT2D eigenvalue weighted by molar-refractivity contribution is -0.117. The van der Waals surface area contributed by atoms with Gasteiger partial charge in [-0.2, -0.15) is 0 Å². The van der Waals surface area contributed by atoms with Crippen LogP contribution in [0.4, 0.5) is 10.7 Å². The maximum absolute atomic E-state index is 12.4. The molecule has 0 atom stereocenters. The summed E-state index contributed by atoms with van der Waals surface area (Å²) in [5.74, 6) is -0.00718. The van der Waals surface area contributed by atoms with Gasteiger partial charge in [-0.05, 0) is 56.0 Å². The molecule has 1 heterocycles. The van der Waals surface area contributed by atoms with Crippen LogP contribution in [-0.2, 0) is 4.79 Å². The van der Waals surface area contributed by atoms with Crippen LogP contribution >= 0.6 is 22.9 Å². The van der Waals surface area contributed by atoms with Crippen molar-refractivity contribution in [3.63, 3.8) is 0 Å². The van der Waals surface area contributed by atoms with Crippen molar-refractivity contribution in [1.82, 2.24) is 0 Å². The smallest absolute Gasteiger partial charge is 0.266 e. The number of aryl methyl sites for hydroxylation is 2. The fourth-order valence-corrected chi connectivity index (χ4v) is 3.35. The molecular formula is C17H17ClN2O2S. The Morgan fingerprint density at radius 2 is 1.87 bits per heavy atom. The molecular weight excluding hydrogens is 332 g/mol. The third kappa shape index (κ3) is 3.74. The Balaban J connectivity index is 1.72. The van der Waals surface area contributed by atoms with Crippen molar-refractivity contribution in [2.24, 2.45) is 5.92 Å². The van der Waals surface area contributed by atoms with Crippen molar-refractivity contribution >= 4 is 45.4 Å². The highest BCUT2D eigenvalue weighted by Crippen LogP contribution is 2.33. The minimum absolute atomic E-state index is 0.0449. The number of thiophene rings is 1. The summed E-state index contributed by atoms with van der Waals surface area (Å²) in [6.45, 7) is 3.77. The van der Waals surface area contributed by atoms with Gasteiger partial charge >= 0.3 is 0 Å². The monoisotopic (exact) mass is 348 g/mol. The number of benzene rings is 1. The fourth-order valence-electron chi connectivity index (χ4n) is 2.20. The van der Waals surface area contributed by atoms with Gasteiger partial charge in [0, 0.05) is 16.6 Å². The number of carbonyl (C=O) groups excluding carboxylic acids is 2. The molecule has 0 spiro atoms. The molecule has 1 aromatic carbocycles. The van der Waals surface area contributed by atoms with E-state index in [1.807, 2.05) is 32.0 Å². The molecule has 120 valence electrons. The lowest BCUT2D eigenvalue weighted by Crippen LogP contribution is -2.12. The minimum Gasteiger partial charge on any atom is -0.321 e. The second-order valence-electron chi connectivity index (χ2n) is 5.80. The van der Waals surface area contributed by atoms with Crippen LogP contribution in [0.25, 0.3) is 0 Å². The molecule has 3 rings (SSSR count). The number of rotatable bonds is 4. The molecule has 0 bridgehead atoms. The molecule has 4 nitrogen and oxygen atoms in total. The molecule has 2 amide bonds. The number of anilines is 2. The van der Waals surface area contributed by atoms with E-state index in [1.54, 1.807) is 6.07 Å². The summed E-state index contributed by atoms with van der Waals surface area (Å²) in [7, 11) is 0. The van der Waals surface area contributed by atoms with Gasteiger partial charge in [-0.15, -0.1) is 11.3 Å². The molecule has 1 aromatic heterocycles. The Morgan fingerprint density at radius 3 is 2.52 bits per heavy atom. The summed E-state index contributed by atoms with van der Waals surface area (Å²) >= 11 is 7.37. The first-order valence-electron chi connectivity index (χ1n) is 7.43. The van der Waals surface area contributed by atoms with Gasteiger partial charge in [0.25, 0.3) is 5.91 Å². The van der Waals surface area contributed by atoms with E-state index in [4.69, 9.17) is 11.6 Å². The van der Waals surface area contributed by atoms with Crippen molar-refractivity contribution in [1.29, 1.82) is 0 Å². The highest BCUT2D eigenvalue weighted by Gasteiger charge is 2.30. The Labute approximate surface area is 143 Å². The Hall–Kier alpha value is -1.85. The van der Waals surface area contributed by atoms with Crippen LogP contribution in [0.5, 0.6) is 0 Å². The number of hydrogen-bond donors (Lipinski definition) is 2. The zero-order valence-corrected chi connectivity index (χ0v) is 14.5. The lowest BCUT2D eigenvalue weighted by Gasteiger charge is -2.06. The summed E-state index contributed by atoms with van der Waals surface area (Å²) in [6.07, 6.45) is 1.91. The van der Waals surface area contributed by atoms with Crippen molar-refractivity contribution in [3.05, 3.63) is 45.3 Å². The summed E-state index contributed by atoms with van der Waals surface area (Å²) < 4.78 is 0. The van der Waals surface area contributed by atoms with Crippen LogP contribution in [0, 0.1) is 19.8 Å². The first kappa shape index (κ1) is 16.0. The molecule has 23 heavy (non-hydrogen) atoms. The van der Waals surface area contributed by atoms with Crippen molar-refractivity contribution < 1.29 is 9.59 Å². The average Bonchev–Trinajstić information content (AvgIpc) is 3.27. The lowest BCUT2D eigenvalue weighted by atomic mass is 10.2. The van der Waals surface area contributed by atoms with Crippen molar-refractivity contribution in [2.45, 2.75) is 26.7 Å². The first-order valence-corrected chi connectivity index (χ1v) is 8.62. The van der Waals surface area contributed by atoms with Crippen molar-refractivity contribution in [3.8, 4) is 0 Å². The standard InChI is InChI=1S/C17H17ClN2O2S/c1-9-3-6-12(8-13(9)18)19-17(22)15-10(2)7-14(23-15)20-16(21)11-4-5-11/h3,6-8,11H,4-5H2,1-2H3,(H,19,22)(H,20,21).